The summed E-state index contributed by atoms with van der Waals surface area (Å²) in [5.74, 6) is 0. The van der Waals surface area contributed by atoms with Crippen LogP contribution in [0.15, 0.2) is 16.6 Å². The number of nitrogens with zero attached hydrogens (tertiary/aromatic N) is 1. The highest BCUT2D eigenvalue weighted by molar-refractivity contribution is 9.10. The molecule has 3 heteroatoms. The molecule has 0 atom stereocenters. The van der Waals surface area contributed by atoms with Gasteiger partial charge in [-0.05, 0) is 31.5 Å². The van der Waals surface area contributed by atoms with Crippen LogP contribution < -0.4 is 0 Å². The summed E-state index contributed by atoms with van der Waals surface area (Å²) in [6, 6.07) is 4.16. The molecule has 76 valence electrons. The molecule has 0 bridgehead atoms. The first-order chi connectivity index (χ1) is 6.68. The standard InChI is InChI=1S/C9H9BrN2.C2H6/c1-5-3-7(10)4-8-6(2)11-12-9(5)8;1-2/h3-4H,1-2H3,(H,11,12);1-2H3. The van der Waals surface area contributed by atoms with Crippen molar-refractivity contribution in [2.45, 2.75) is 27.7 Å². The lowest BCUT2D eigenvalue weighted by atomic mass is 10.1. The second-order valence-electron chi connectivity index (χ2n) is 2.97. The van der Waals surface area contributed by atoms with E-state index in [4.69, 9.17) is 0 Å². The number of aromatic nitrogens is 2. The van der Waals surface area contributed by atoms with Crippen LogP contribution in [0.25, 0.3) is 10.9 Å². The first-order valence-electron chi connectivity index (χ1n) is 4.79. The van der Waals surface area contributed by atoms with Crippen molar-refractivity contribution in [3.63, 3.8) is 0 Å². The van der Waals surface area contributed by atoms with Gasteiger partial charge in [-0.1, -0.05) is 29.8 Å². The summed E-state index contributed by atoms with van der Waals surface area (Å²) < 4.78 is 1.11. The Hall–Kier alpha value is -0.830. The van der Waals surface area contributed by atoms with E-state index < -0.39 is 0 Å². The molecular weight excluding hydrogens is 240 g/mol. The molecule has 0 aliphatic carbocycles. The Bertz CT molecular complexity index is 432. The van der Waals surface area contributed by atoms with E-state index in [1.807, 2.05) is 20.8 Å². The van der Waals surface area contributed by atoms with Crippen LogP contribution in [-0.2, 0) is 0 Å². The molecule has 1 heterocycles. The van der Waals surface area contributed by atoms with Gasteiger partial charge in [0.05, 0.1) is 5.52 Å². The maximum absolute atomic E-state index is 4.21. The largest absolute Gasteiger partial charge is 0.282 e. The molecule has 0 unspecified atom stereocenters. The Kier molecular flexibility index (Phi) is 3.69. The van der Waals surface area contributed by atoms with Crippen LogP contribution in [0.1, 0.15) is 25.1 Å². The topological polar surface area (TPSA) is 28.7 Å². The molecule has 0 fully saturated rings. The summed E-state index contributed by atoms with van der Waals surface area (Å²) in [6.45, 7) is 8.09. The normalized spacial score (nSPS) is 9.79. The van der Waals surface area contributed by atoms with Crippen molar-refractivity contribution in [2.24, 2.45) is 0 Å². The molecule has 1 aromatic carbocycles. The number of hydrogen-bond donors (Lipinski definition) is 1. The fourth-order valence-corrected chi connectivity index (χ4v) is 1.94. The van der Waals surface area contributed by atoms with Gasteiger partial charge in [-0.2, -0.15) is 5.10 Å². The van der Waals surface area contributed by atoms with Crippen molar-refractivity contribution in [3.8, 4) is 0 Å². The van der Waals surface area contributed by atoms with Crippen molar-refractivity contribution in [2.75, 3.05) is 0 Å². The summed E-state index contributed by atoms with van der Waals surface area (Å²) in [7, 11) is 0. The summed E-state index contributed by atoms with van der Waals surface area (Å²) in [4.78, 5) is 0. The Labute approximate surface area is 92.8 Å². The number of aryl methyl sites for hydroxylation is 2. The minimum atomic E-state index is 1.07. The number of aromatic amines is 1. The van der Waals surface area contributed by atoms with E-state index in [0.29, 0.717) is 0 Å². The summed E-state index contributed by atoms with van der Waals surface area (Å²) in [5.41, 5.74) is 3.38. The van der Waals surface area contributed by atoms with Crippen LogP contribution in [0.4, 0.5) is 0 Å². The molecule has 0 saturated heterocycles. The molecule has 1 N–H and O–H groups in total. The van der Waals surface area contributed by atoms with Crippen molar-refractivity contribution in [1.29, 1.82) is 0 Å². The zero-order valence-electron chi connectivity index (χ0n) is 8.98. The van der Waals surface area contributed by atoms with Crippen LogP contribution in [0.2, 0.25) is 0 Å². The third kappa shape index (κ3) is 1.98. The van der Waals surface area contributed by atoms with Crippen molar-refractivity contribution in [1.82, 2.24) is 10.2 Å². The second-order valence-corrected chi connectivity index (χ2v) is 3.88. The number of fused-ring (bicyclic) bond motifs is 1. The minimum absolute atomic E-state index is 1.07. The lowest BCUT2D eigenvalue weighted by Crippen LogP contribution is -1.76. The van der Waals surface area contributed by atoms with Crippen LogP contribution in [0, 0.1) is 13.8 Å². The van der Waals surface area contributed by atoms with Crippen molar-refractivity contribution in [3.05, 3.63) is 27.9 Å². The first kappa shape index (κ1) is 11.2. The van der Waals surface area contributed by atoms with Gasteiger partial charge in [0.15, 0.2) is 0 Å². The van der Waals surface area contributed by atoms with Gasteiger partial charge in [-0.15, -0.1) is 0 Å². The fourth-order valence-electron chi connectivity index (χ4n) is 1.37. The third-order valence-corrected chi connectivity index (χ3v) is 2.46. The monoisotopic (exact) mass is 254 g/mol. The molecule has 0 saturated carbocycles. The highest BCUT2D eigenvalue weighted by atomic mass is 79.9. The van der Waals surface area contributed by atoms with Crippen LogP contribution in [0.5, 0.6) is 0 Å². The Morgan fingerprint density at radius 1 is 1.21 bits per heavy atom. The van der Waals surface area contributed by atoms with E-state index in [1.165, 1.54) is 10.9 Å². The van der Waals surface area contributed by atoms with Gasteiger partial charge in [0, 0.05) is 15.6 Å². The predicted molar refractivity (Wildman–Crippen MR) is 64.6 cm³/mol. The van der Waals surface area contributed by atoms with Crippen LogP contribution in [-0.4, -0.2) is 10.2 Å². The maximum Gasteiger partial charge on any atom is 0.0953 e. The molecule has 2 nitrogen and oxygen atoms in total. The van der Waals surface area contributed by atoms with Gasteiger partial charge in [0.25, 0.3) is 0 Å². The Morgan fingerprint density at radius 3 is 2.50 bits per heavy atom. The SMILES string of the molecule is CC.Cc1[nH]nc2c(C)cc(Br)cc12. The molecule has 2 aromatic rings. The van der Waals surface area contributed by atoms with E-state index in [0.717, 1.165) is 15.7 Å². The van der Waals surface area contributed by atoms with Gasteiger partial charge in [-0.3, -0.25) is 5.10 Å². The summed E-state index contributed by atoms with van der Waals surface area (Å²) >= 11 is 3.46. The summed E-state index contributed by atoms with van der Waals surface area (Å²) in [5, 5.41) is 8.38. The Morgan fingerprint density at radius 2 is 1.86 bits per heavy atom. The molecule has 14 heavy (non-hydrogen) atoms. The lowest BCUT2D eigenvalue weighted by Gasteiger charge is -1.95. The van der Waals surface area contributed by atoms with Crippen molar-refractivity contribution < 1.29 is 0 Å². The van der Waals surface area contributed by atoms with E-state index in [2.05, 4.69) is 45.2 Å². The number of benzene rings is 1. The molecule has 0 aliphatic rings. The predicted octanol–water partition coefficient (Wildman–Crippen LogP) is 3.97. The fraction of sp³-hybridized carbons (Fsp3) is 0.364. The van der Waals surface area contributed by atoms with Crippen LogP contribution >= 0.6 is 15.9 Å². The molecule has 0 aliphatic heterocycles. The molecule has 2 rings (SSSR count). The van der Waals surface area contributed by atoms with E-state index >= 15 is 0 Å². The van der Waals surface area contributed by atoms with E-state index in [9.17, 15) is 0 Å². The van der Waals surface area contributed by atoms with Gasteiger partial charge in [0.2, 0.25) is 0 Å². The highest BCUT2D eigenvalue weighted by Gasteiger charge is 2.04. The molecule has 1 aromatic heterocycles. The molecular formula is C11H15BrN2. The minimum Gasteiger partial charge on any atom is -0.282 e. The summed E-state index contributed by atoms with van der Waals surface area (Å²) in [6.07, 6.45) is 0. The average molecular weight is 255 g/mol. The smallest absolute Gasteiger partial charge is 0.0953 e. The molecule has 0 amide bonds. The van der Waals surface area contributed by atoms with Gasteiger partial charge >= 0.3 is 0 Å². The van der Waals surface area contributed by atoms with Gasteiger partial charge in [-0.25, -0.2) is 0 Å². The van der Waals surface area contributed by atoms with E-state index in [1.54, 1.807) is 0 Å². The van der Waals surface area contributed by atoms with Gasteiger partial charge in [0.1, 0.15) is 0 Å². The first-order valence-corrected chi connectivity index (χ1v) is 5.58. The molecule has 0 spiro atoms. The highest BCUT2D eigenvalue weighted by Crippen LogP contribution is 2.23. The average Bonchev–Trinajstić information content (AvgIpc) is 2.52. The number of nitrogens with one attached hydrogen (secondary N) is 1. The quantitative estimate of drug-likeness (QED) is 0.758. The molecule has 0 radical (unpaired) electrons. The maximum atomic E-state index is 4.21. The van der Waals surface area contributed by atoms with E-state index in [-0.39, 0.29) is 0 Å². The van der Waals surface area contributed by atoms with Crippen LogP contribution in [0.3, 0.4) is 0 Å². The Balaban J connectivity index is 0.000000461. The second kappa shape index (κ2) is 4.60. The van der Waals surface area contributed by atoms with Crippen molar-refractivity contribution >= 4 is 26.8 Å². The number of halogens is 1. The number of H-pyrrole nitrogens is 1. The number of hydrogen-bond acceptors (Lipinski definition) is 1. The zero-order chi connectivity index (χ0) is 10.7. The third-order valence-electron chi connectivity index (χ3n) is 2.00. The zero-order valence-corrected chi connectivity index (χ0v) is 10.6. The number of rotatable bonds is 0. The lowest BCUT2D eigenvalue weighted by molar-refractivity contribution is 1.06. The van der Waals surface area contributed by atoms with Gasteiger partial charge < -0.3 is 0 Å².